The number of nitrogens with one attached hydrogen (secondary N) is 1. The van der Waals surface area contributed by atoms with E-state index in [0.717, 1.165) is 12.8 Å². The fraction of sp³-hybridized carbons (Fsp3) is 0.619. The number of nitrogens with zero attached hydrogens (tertiary/aromatic N) is 1. The third-order valence-electron chi connectivity index (χ3n) is 5.42. The van der Waals surface area contributed by atoms with Crippen LogP contribution >= 0.6 is 0 Å². The maximum Gasteiger partial charge on any atom is 0.338 e. The van der Waals surface area contributed by atoms with Crippen LogP contribution in [-0.2, 0) is 19.6 Å². The lowest BCUT2D eigenvalue weighted by atomic mass is 9.89. The van der Waals surface area contributed by atoms with Gasteiger partial charge in [-0.25, -0.2) is 13.2 Å². The van der Waals surface area contributed by atoms with Gasteiger partial charge in [-0.05, 0) is 57.7 Å². The number of sulfonamides is 1. The maximum atomic E-state index is 12.6. The highest BCUT2D eigenvalue weighted by molar-refractivity contribution is 7.89. The lowest BCUT2D eigenvalue weighted by Crippen LogP contribution is -2.38. The number of hydrogen-bond donors (Lipinski definition) is 1. The largest absolute Gasteiger partial charge is 0.449 e. The number of benzene rings is 1. The number of carbonyl (C=O) groups excluding carboxylic acids is 2. The minimum Gasteiger partial charge on any atom is -0.449 e. The monoisotopic (exact) mass is 424 g/mol. The van der Waals surface area contributed by atoms with Gasteiger partial charge in [-0.2, -0.15) is 4.31 Å². The minimum absolute atomic E-state index is 0.0116. The third kappa shape index (κ3) is 6.27. The first-order valence-electron chi connectivity index (χ1n) is 10.2. The number of rotatable bonds is 8. The zero-order valence-corrected chi connectivity index (χ0v) is 18.5. The average molecular weight is 425 g/mol. The second kappa shape index (κ2) is 10.2. The van der Waals surface area contributed by atoms with E-state index in [0.29, 0.717) is 12.5 Å². The van der Waals surface area contributed by atoms with Crippen LogP contribution in [0.2, 0.25) is 0 Å². The second-order valence-corrected chi connectivity index (χ2v) is 9.94. The molecule has 1 aliphatic carbocycles. The molecule has 7 nitrogen and oxygen atoms in total. The van der Waals surface area contributed by atoms with Gasteiger partial charge in [-0.1, -0.05) is 25.3 Å². The van der Waals surface area contributed by atoms with Crippen LogP contribution in [-0.4, -0.2) is 50.3 Å². The van der Waals surface area contributed by atoms with Crippen molar-refractivity contribution < 1.29 is 22.7 Å². The molecule has 0 radical (unpaired) electrons. The first kappa shape index (κ1) is 23.3. The van der Waals surface area contributed by atoms with Crippen molar-refractivity contribution in [1.29, 1.82) is 0 Å². The first-order valence-corrected chi connectivity index (χ1v) is 11.6. The van der Waals surface area contributed by atoms with Crippen molar-refractivity contribution in [2.75, 3.05) is 13.6 Å². The summed E-state index contributed by atoms with van der Waals surface area (Å²) in [6.07, 6.45) is 4.90. The molecule has 1 aliphatic rings. The van der Waals surface area contributed by atoms with Crippen molar-refractivity contribution in [3.05, 3.63) is 29.8 Å². The highest BCUT2D eigenvalue weighted by Gasteiger charge is 2.25. The van der Waals surface area contributed by atoms with Gasteiger partial charge in [-0.3, -0.25) is 4.79 Å². The Bertz CT molecular complexity index is 816. The number of hydrogen-bond acceptors (Lipinski definition) is 5. The third-order valence-corrected chi connectivity index (χ3v) is 7.45. The molecule has 2 rings (SSSR count). The number of esters is 1. The quantitative estimate of drug-likeness (QED) is 0.648. The molecule has 1 aromatic rings. The van der Waals surface area contributed by atoms with Crippen LogP contribution in [0.4, 0.5) is 0 Å². The zero-order chi connectivity index (χ0) is 21.6. The summed E-state index contributed by atoms with van der Waals surface area (Å²) in [6.45, 7) is 5.64. The van der Waals surface area contributed by atoms with E-state index in [-0.39, 0.29) is 22.4 Å². The Balaban J connectivity index is 1.98. The summed E-state index contributed by atoms with van der Waals surface area (Å²) in [5.41, 5.74) is 0.0927. The summed E-state index contributed by atoms with van der Waals surface area (Å²) < 4.78 is 31.7. The molecule has 0 saturated heterocycles. The molecule has 1 saturated carbocycles. The molecule has 0 aromatic heterocycles. The van der Waals surface area contributed by atoms with Crippen LogP contribution in [0.3, 0.4) is 0 Å². The van der Waals surface area contributed by atoms with Crippen molar-refractivity contribution in [1.82, 2.24) is 9.62 Å². The van der Waals surface area contributed by atoms with Gasteiger partial charge in [0.25, 0.3) is 5.91 Å². The first-order chi connectivity index (χ1) is 13.6. The van der Waals surface area contributed by atoms with Crippen molar-refractivity contribution in [2.24, 2.45) is 5.92 Å². The van der Waals surface area contributed by atoms with E-state index in [9.17, 15) is 18.0 Å². The van der Waals surface area contributed by atoms with Crippen LogP contribution in [0, 0.1) is 5.92 Å². The Labute approximate surface area is 173 Å². The van der Waals surface area contributed by atoms with Crippen LogP contribution < -0.4 is 5.32 Å². The number of ether oxygens (including phenoxy) is 1. The molecule has 1 fully saturated rings. The van der Waals surface area contributed by atoms with E-state index >= 15 is 0 Å². The molecule has 1 unspecified atom stereocenters. The highest BCUT2D eigenvalue weighted by Crippen LogP contribution is 2.23. The maximum absolute atomic E-state index is 12.6. The van der Waals surface area contributed by atoms with Crippen LogP contribution in [0.25, 0.3) is 0 Å². The predicted molar refractivity (Wildman–Crippen MR) is 111 cm³/mol. The molecule has 1 N–H and O–H groups in total. The Morgan fingerprint density at radius 2 is 1.83 bits per heavy atom. The molecular weight excluding hydrogens is 392 g/mol. The van der Waals surface area contributed by atoms with Gasteiger partial charge in [0.15, 0.2) is 6.10 Å². The van der Waals surface area contributed by atoms with E-state index < -0.39 is 22.1 Å². The van der Waals surface area contributed by atoms with Crippen LogP contribution in [0.5, 0.6) is 0 Å². The Hall–Kier alpha value is -1.93. The number of carbonyl (C=O) groups is 2. The lowest BCUT2D eigenvalue weighted by molar-refractivity contribution is -0.129. The van der Waals surface area contributed by atoms with E-state index in [1.165, 1.54) is 61.8 Å². The molecule has 1 aromatic carbocycles. The SMILES string of the molecule is CC(OC(=O)c1cccc(S(=O)(=O)N(C)C(C)C)c1)C(=O)NCC1CCCCC1. The van der Waals surface area contributed by atoms with Crippen LogP contribution in [0.1, 0.15) is 63.2 Å². The fourth-order valence-electron chi connectivity index (χ4n) is 3.29. The van der Waals surface area contributed by atoms with Gasteiger partial charge in [-0.15, -0.1) is 0 Å². The van der Waals surface area contributed by atoms with E-state index in [1.807, 2.05) is 0 Å². The van der Waals surface area contributed by atoms with Crippen molar-refractivity contribution in [3.63, 3.8) is 0 Å². The summed E-state index contributed by atoms with van der Waals surface area (Å²) in [4.78, 5) is 24.7. The molecular formula is C21H32N2O5S. The molecule has 1 atom stereocenters. The summed E-state index contributed by atoms with van der Waals surface area (Å²) in [5, 5.41) is 2.85. The highest BCUT2D eigenvalue weighted by atomic mass is 32.2. The standard InChI is InChI=1S/C21H32N2O5S/c1-15(2)23(4)29(26,27)19-12-8-11-18(13-19)21(25)28-16(3)20(24)22-14-17-9-6-5-7-10-17/h8,11-13,15-17H,5-7,9-10,14H2,1-4H3,(H,22,24). The van der Waals surface area contributed by atoms with Gasteiger partial charge in [0.1, 0.15) is 0 Å². The molecule has 0 bridgehead atoms. The minimum atomic E-state index is -3.71. The predicted octanol–water partition coefficient (Wildman–Crippen LogP) is 2.96. The van der Waals surface area contributed by atoms with Crippen molar-refractivity contribution >= 4 is 21.9 Å². The van der Waals surface area contributed by atoms with Gasteiger partial charge in [0.05, 0.1) is 10.5 Å². The van der Waals surface area contributed by atoms with Gasteiger partial charge >= 0.3 is 5.97 Å². The Kier molecular flexibility index (Phi) is 8.22. The smallest absolute Gasteiger partial charge is 0.338 e. The average Bonchev–Trinajstić information content (AvgIpc) is 2.71. The molecule has 8 heteroatoms. The fourth-order valence-corrected chi connectivity index (χ4v) is 4.70. The topological polar surface area (TPSA) is 92.8 Å². The summed E-state index contributed by atoms with van der Waals surface area (Å²) in [5.74, 6) is -0.586. The Morgan fingerprint density at radius 3 is 2.45 bits per heavy atom. The molecule has 0 aliphatic heterocycles. The zero-order valence-electron chi connectivity index (χ0n) is 17.7. The van der Waals surface area contributed by atoms with Crippen LogP contribution in [0.15, 0.2) is 29.2 Å². The summed E-state index contributed by atoms with van der Waals surface area (Å²) in [7, 11) is -2.22. The van der Waals surface area contributed by atoms with Gasteiger partial charge < -0.3 is 10.1 Å². The second-order valence-electron chi connectivity index (χ2n) is 7.94. The molecule has 0 heterocycles. The van der Waals surface area contributed by atoms with E-state index in [4.69, 9.17) is 4.74 Å². The van der Waals surface area contributed by atoms with Crippen molar-refractivity contribution in [2.45, 2.75) is 69.9 Å². The van der Waals surface area contributed by atoms with Gasteiger partial charge in [0.2, 0.25) is 10.0 Å². The van der Waals surface area contributed by atoms with E-state index in [1.54, 1.807) is 13.8 Å². The van der Waals surface area contributed by atoms with Crippen molar-refractivity contribution in [3.8, 4) is 0 Å². The summed E-state index contributed by atoms with van der Waals surface area (Å²) >= 11 is 0. The molecule has 29 heavy (non-hydrogen) atoms. The number of amides is 1. The summed E-state index contributed by atoms with van der Waals surface area (Å²) in [6, 6.07) is 5.46. The normalized spacial score (nSPS) is 16.6. The van der Waals surface area contributed by atoms with E-state index in [2.05, 4.69) is 5.32 Å². The van der Waals surface area contributed by atoms with Gasteiger partial charge in [0, 0.05) is 19.6 Å². The molecule has 162 valence electrons. The molecule has 0 spiro atoms. The Morgan fingerprint density at radius 1 is 1.17 bits per heavy atom. The lowest BCUT2D eigenvalue weighted by Gasteiger charge is -2.23. The molecule has 1 amide bonds.